The van der Waals surface area contributed by atoms with Crippen molar-refractivity contribution < 1.29 is 28.9 Å². The highest BCUT2D eigenvalue weighted by Crippen LogP contribution is 2.35. The molecule has 0 saturated carbocycles. The van der Waals surface area contributed by atoms with Gasteiger partial charge in [-0.1, -0.05) is 58.0 Å². The fourth-order valence-electron chi connectivity index (χ4n) is 7.60. The summed E-state index contributed by atoms with van der Waals surface area (Å²) in [5, 5.41) is 8.37. The Morgan fingerprint density at radius 2 is 1.61 bits per heavy atom. The van der Waals surface area contributed by atoms with Gasteiger partial charge in [-0.2, -0.15) is 4.89 Å². The predicted octanol–water partition coefficient (Wildman–Crippen LogP) is 6.40. The number of nitrogens with one attached hydrogen (secondary N) is 3. The van der Waals surface area contributed by atoms with Crippen LogP contribution in [0.2, 0.25) is 0 Å². The van der Waals surface area contributed by atoms with Gasteiger partial charge < -0.3 is 29.8 Å². The number of hydrazine groups is 1. The van der Waals surface area contributed by atoms with Gasteiger partial charge in [-0.3, -0.25) is 14.6 Å². The van der Waals surface area contributed by atoms with E-state index in [1.165, 1.54) is 20.6 Å². The van der Waals surface area contributed by atoms with Crippen LogP contribution in [-0.4, -0.2) is 100 Å². The van der Waals surface area contributed by atoms with Crippen molar-refractivity contribution in [2.45, 2.75) is 65.1 Å². The van der Waals surface area contributed by atoms with Crippen molar-refractivity contribution in [2.75, 3.05) is 38.9 Å². The number of amides is 3. The number of imidazole rings is 2. The van der Waals surface area contributed by atoms with Crippen LogP contribution in [0.5, 0.6) is 0 Å². The molecule has 7 rings (SSSR count). The van der Waals surface area contributed by atoms with Crippen LogP contribution in [0.25, 0.3) is 44.2 Å². The minimum absolute atomic E-state index is 0.0142. The number of H-pyrrole nitrogens is 2. The molecule has 294 valence electrons. The van der Waals surface area contributed by atoms with Gasteiger partial charge in [-0.25, -0.2) is 24.8 Å². The molecular weight excluding hydrogens is 715 g/mol. The Kier molecular flexibility index (Phi) is 11.2. The third-order valence-electron chi connectivity index (χ3n) is 10.6. The van der Waals surface area contributed by atoms with Crippen molar-refractivity contribution in [3.63, 3.8) is 0 Å². The highest BCUT2D eigenvalue weighted by molar-refractivity contribution is 5.92. The summed E-state index contributed by atoms with van der Waals surface area (Å²) in [6.45, 7) is 9.49. The summed E-state index contributed by atoms with van der Waals surface area (Å²) in [5.41, 5.74) is 5.61. The molecule has 0 unspecified atom stereocenters. The average Bonchev–Trinajstić information content (AvgIpc) is 4.03. The van der Waals surface area contributed by atoms with Gasteiger partial charge in [-0.05, 0) is 77.3 Å². The Hall–Kier alpha value is -5.96. The Labute approximate surface area is 325 Å². The van der Waals surface area contributed by atoms with E-state index in [2.05, 4.69) is 73.7 Å². The highest BCUT2D eigenvalue weighted by Gasteiger charge is 2.37. The zero-order chi connectivity index (χ0) is 39.5. The van der Waals surface area contributed by atoms with Gasteiger partial charge in [0.15, 0.2) is 0 Å². The summed E-state index contributed by atoms with van der Waals surface area (Å²) in [5.74, 6) is 0.928. The number of likely N-dealkylation sites (tertiary alicyclic amines) is 1. The summed E-state index contributed by atoms with van der Waals surface area (Å²) < 4.78 is 4.76. The number of benzene rings is 3. The van der Waals surface area contributed by atoms with Crippen molar-refractivity contribution in [1.29, 1.82) is 0 Å². The number of aliphatic imine (C=N–C) groups is 1. The van der Waals surface area contributed by atoms with Crippen molar-refractivity contribution in [3.05, 3.63) is 66.6 Å². The van der Waals surface area contributed by atoms with E-state index in [1.807, 2.05) is 49.9 Å². The minimum atomic E-state index is -0.730. The van der Waals surface area contributed by atoms with Crippen LogP contribution < -0.4 is 10.3 Å². The molecule has 0 radical (unpaired) electrons. The molecule has 2 aliphatic heterocycles. The van der Waals surface area contributed by atoms with Crippen LogP contribution in [0.1, 0.15) is 58.8 Å². The SMILES string of the molecule is COOC=N[C@H](C(=O)N1CCC[C@H]1c1ncc(-c2ccc3cc(-c4ccc5nc(N6CCCN6C(=O)[C@@H](NC(=O)OC)C(C)C)[nH]c5c4)ccc3c2)[nH]1)C(C)C. The Morgan fingerprint density at radius 1 is 0.875 bits per heavy atom. The van der Waals surface area contributed by atoms with E-state index < -0.39 is 18.2 Å². The molecule has 2 saturated heterocycles. The summed E-state index contributed by atoms with van der Waals surface area (Å²) in [6, 6.07) is 17.4. The van der Waals surface area contributed by atoms with E-state index in [1.54, 1.807) is 5.01 Å². The molecule has 2 fully saturated rings. The molecule has 15 nitrogen and oxygen atoms in total. The van der Waals surface area contributed by atoms with Crippen molar-refractivity contribution in [3.8, 4) is 22.4 Å². The average molecular weight is 764 g/mol. The normalized spacial score (nSPS) is 17.1. The molecule has 4 heterocycles. The fourth-order valence-corrected chi connectivity index (χ4v) is 7.60. The number of aromatic amines is 2. The first-order valence-corrected chi connectivity index (χ1v) is 19.1. The second-order valence-corrected chi connectivity index (χ2v) is 14.9. The summed E-state index contributed by atoms with van der Waals surface area (Å²) in [6.07, 6.45) is 4.86. The van der Waals surface area contributed by atoms with Crippen molar-refractivity contribution in [2.24, 2.45) is 16.8 Å². The number of hydrogen-bond donors (Lipinski definition) is 3. The lowest BCUT2D eigenvalue weighted by atomic mass is 9.99. The number of carbonyl (C=O) groups excluding carboxylic acids is 3. The van der Waals surface area contributed by atoms with E-state index in [0.717, 1.165) is 69.3 Å². The molecule has 3 N–H and O–H groups in total. The Balaban J connectivity index is 1.07. The molecular formula is C41H49N9O6. The van der Waals surface area contributed by atoms with Crippen LogP contribution in [-0.2, 0) is 24.1 Å². The van der Waals surface area contributed by atoms with Gasteiger partial charge in [0.05, 0.1) is 43.2 Å². The van der Waals surface area contributed by atoms with E-state index in [9.17, 15) is 14.4 Å². The lowest BCUT2D eigenvalue weighted by Gasteiger charge is -2.32. The van der Waals surface area contributed by atoms with Gasteiger partial charge in [0.25, 0.3) is 5.91 Å². The van der Waals surface area contributed by atoms with Crippen molar-refractivity contribution >= 4 is 52.1 Å². The standard InChI is InChI=1S/C41H49N9O6/c1-24(2)35(43-23-56-55-6)38(51)48-16-7-9-34(48)37-42-22-33(44-37)30-13-12-26-19-27(10-11-28(26)20-30)29-14-15-31-32(21-29)46-40(45-31)50-18-8-17-49(50)39(52)36(25(3)4)47-41(53)54-5/h10-15,19-25,34-36H,7-9,16-18H2,1-6H3,(H,42,44)(H,45,46)(H,47,53)/t34-,35-,36-/m0/s1. The number of nitrogens with zero attached hydrogens (tertiary/aromatic N) is 6. The maximum absolute atomic E-state index is 13.6. The predicted molar refractivity (Wildman–Crippen MR) is 213 cm³/mol. The molecule has 56 heavy (non-hydrogen) atoms. The number of aromatic nitrogens is 4. The second-order valence-electron chi connectivity index (χ2n) is 14.9. The molecule has 3 aromatic carbocycles. The van der Waals surface area contributed by atoms with Gasteiger partial charge >= 0.3 is 6.09 Å². The van der Waals surface area contributed by atoms with Gasteiger partial charge in [0, 0.05) is 25.2 Å². The maximum atomic E-state index is 13.6. The first-order chi connectivity index (χ1) is 27.1. The molecule has 0 bridgehead atoms. The molecule has 0 aliphatic carbocycles. The molecule has 2 aromatic heterocycles. The zero-order valence-corrected chi connectivity index (χ0v) is 32.6. The maximum Gasteiger partial charge on any atom is 0.407 e. The number of alkyl carbamates (subject to hydrolysis) is 1. The molecule has 3 amide bonds. The number of ether oxygens (including phenoxy) is 1. The monoisotopic (exact) mass is 763 g/mol. The number of methoxy groups -OCH3 is 1. The second kappa shape index (κ2) is 16.4. The molecule has 3 atom stereocenters. The number of rotatable bonds is 12. The highest BCUT2D eigenvalue weighted by atomic mass is 17.2. The third kappa shape index (κ3) is 7.76. The largest absolute Gasteiger partial charge is 0.453 e. The van der Waals surface area contributed by atoms with Crippen LogP contribution in [0.3, 0.4) is 0 Å². The lowest BCUT2D eigenvalue weighted by molar-refractivity contribution is -0.188. The minimum Gasteiger partial charge on any atom is -0.453 e. The number of hydrogen-bond acceptors (Lipinski definition) is 10. The van der Waals surface area contributed by atoms with Crippen LogP contribution >= 0.6 is 0 Å². The first kappa shape index (κ1) is 38.3. The van der Waals surface area contributed by atoms with E-state index >= 15 is 0 Å². The van der Waals surface area contributed by atoms with E-state index in [4.69, 9.17) is 19.6 Å². The quantitative estimate of drug-likeness (QED) is 0.0563. The number of anilines is 1. The number of fused-ring (bicyclic) bond motifs is 2. The molecule has 5 aromatic rings. The Morgan fingerprint density at radius 3 is 2.34 bits per heavy atom. The number of carbonyl (C=O) groups is 3. The summed E-state index contributed by atoms with van der Waals surface area (Å²) in [4.78, 5) is 71.3. The molecule has 15 heteroatoms. The van der Waals surface area contributed by atoms with Crippen LogP contribution in [0.4, 0.5) is 10.7 Å². The van der Waals surface area contributed by atoms with E-state index in [0.29, 0.717) is 25.6 Å². The lowest BCUT2D eigenvalue weighted by Crippen LogP contribution is -2.54. The Bertz CT molecular complexity index is 2250. The van der Waals surface area contributed by atoms with Crippen LogP contribution in [0, 0.1) is 11.8 Å². The zero-order valence-electron chi connectivity index (χ0n) is 32.6. The smallest absolute Gasteiger partial charge is 0.407 e. The van der Waals surface area contributed by atoms with Crippen LogP contribution in [0.15, 0.2) is 65.8 Å². The first-order valence-electron chi connectivity index (χ1n) is 19.1. The van der Waals surface area contributed by atoms with Crippen molar-refractivity contribution in [1.82, 2.24) is 35.2 Å². The van der Waals surface area contributed by atoms with Gasteiger partial charge in [0.2, 0.25) is 18.3 Å². The van der Waals surface area contributed by atoms with E-state index in [-0.39, 0.29) is 29.7 Å². The third-order valence-corrected chi connectivity index (χ3v) is 10.6. The molecule has 0 spiro atoms. The fraction of sp³-hybridized carbons (Fsp3) is 0.415. The van der Waals surface area contributed by atoms with Gasteiger partial charge in [0.1, 0.15) is 17.9 Å². The summed E-state index contributed by atoms with van der Waals surface area (Å²) in [7, 11) is 2.68. The van der Waals surface area contributed by atoms with Gasteiger partial charge in [-0.15, -0.1) is 0 Å². The topological polar surface area (TPSA) is 170 Å². The molecule has 2 aliphatic rings. The summed E-state index contributed by atoms with van der Waals surface area (Å²) >= 11 is 0.